The number of hydrogen-bond acceptors (Lipinski definition) is 8. The van der Waals surface area contributed by atoms with Crippen LogP contribution in [0.25, 0.3) is 0 Å². The van der Waals surface area contributed by atoms with Crippen LogP contribution in [0.3, 0.4) is 0 Å². The molecule has 2 amide bonds. The number of hydrogen-bond donors (Lipinski definition) is 2. The fraction of sp³-hybridized carbons (Fsp3) is 0.538. The number of aliphatic hydroxyl groups excluding tert-OH is 1. The Hall–Kier alpha value is -3.67. The molecule has 2 N–H and O–H groups in total. The molecule has 1 aromatic carbocycles. The number of likely N-dealkylation sites (tertiary alicyclic amines) is 1. The number of nitrogens with one attached hydrogen (secondary N) is 1. The number of aryl methyl sites for hydroxylation is 1. The average molecular weight is 526 g/mol. The molecule has 202 valence electrons. The summed E-state index contributed by atoms with van der Waals surface area (Å²) >= 11 is 0. The van der Waals surface area contributed by atoms with Gasteiger partial charge in [-0.25, -0.2) is 9.07 Å². The summed E-state index contributed by atoms with van der Waals surface area (Å²) in [6, 6.07) is 3.20. The lowest BCUT2D eigenvalue weighted by Gasteiger charge is -2.34. The topological polar surface area (TPSA) is 139 Å². The van der Waals surface area contributed by atoms with Crippen LogP contribution in [-0.2, 0) is 9.59 Å². The summed E-state index contributed by atoms with van der Waals surface area (Å²) in [7, 11) is 0. The fourth-order valence-electron chi connectivity index (χ4n) is 4.99. The van der Waals surface area contributed by atoms with Crippen LogP contribution in [-0.4, -0.2) is 65.6 Å². The van der Waals surface area contributed by atoms with Gasteiger partial charge in [-0.15, -0.1) is 5.10 Å². The third-order valence-corrected chi connectivity index (χ3v) is 7.01. The van der Waals surface area contributed by atoms with Gasteiger partial charge in [0, 0.05) is 37.6 Å². The molecule has 1 aliphatic heterocycles. The summed E-state index contributed by atoms with van der Waals surface area (Å²) in [4.78, 5) is 33.2. The molecule has 2 aliphatic rings. The number of aromatic nitrogens is 5. The van der Waals surface area contributed by atoms with E-state index in [0.717, 1.165) is 18.5 Å². The lowest BCUT2D eigenvalue weighted by molar-refractivity contribution is -0.144. The van der Waals surface area contributed by atoms with Crippen LogP contribution >= 0.6 is 0 Å². The molecule has 1 saturated heterocycles. The number of nitrogens with zero attached hydrogens (tertiary/aromatic N) is 6. The number of rotatable bonds is 7. The monoisotopic (exact) mass is 525 g/mol. The van der Waals surface area contributed by atoms with Gasteiger partial charge in [-0.3, -0.25) is 9.59 Å². The SMILES string of the molecule is Cc1nc(C(NC(=O)[C@@H]2C[C@@H](O)CN2C(=O)[C@@H](n2cc(C3CC3)nn2)C(C)(C)C)c2ccccc2F)no1. The van der Waals surface area contributed by atoms with Gasteiger partial charge >= 0.3 is 0 Å². The first-order valence-corrected chi connectivity index (χ1v) is 12.8. The summed E-state index contributed by atoms with van der Waals surface area (Å²) in [5, 5.41) is 25.7. The lowest BCUT2D eigenvalue weighted by atomic mass is 9.85. The quantitative estimate of drug-likeness (QED) is 0.480. The summed E-state index contributed by atoms with van der Waals surface area (Å²) < 4.78 is 21.4. The van der Waals surface area contributed by atoms with Crippen LogP contribution in [0.15, 0.2) is 35.0 Å². The van der Waals surface area contributed by atoms with Crippen molar-refractivity contribution in [3.63, 3.8) is 0 Å². The first-order valence-electron chi connectivity index (χ1n) is 12.8. The predicted molar refractivity (Wildman–Crippen MR) is 132 cm³/mol. The molecule has 0 bridgehead atoms. The van der Waals surface area contributed by atoms with Crippen molar-refractivity contribution in [2.75, 3.05) is 6.54 Å². The maximum Gasteiger partial charge on any atom is 0.248 e. The number of halogens is 1. The van der Waals surface area contributed by atoms with Crippen LogP contribution in [0.1, 0.15) is 81.0 Å². The molecule has 1 saturated carbocycles. The van der Waals surface area contributed by atoms with E-state index in [1.54, 1.807) is 29.9 Å². The number of carbonyl (C=O) groups excluding carboxylic acids is 2. The standard InChI is InChI=1S/C26H32FN7O4/c1-14-28-23(31-38-14)21(17-7-5-6-8-18(17)27)29-24(36)20-11-16(35)12-33(20)25(37)22(26(2,3)4)34-13-19(30-32-34)15-9-10-15/h5-8,13,15-16,20-22,35H,9-12H2,1-4H3,(H,29,36)/t16-,20+,21?,22-/m1/s1. The normalized spacial score (nSPS) is 21.4. The molecule has 12 heteroatoms. The molecule has 4 atom stereocenters. The maximum atomic E-state index is 14.8. The van der Waals surface area contributed by atoms with Gasteiger partial charge in [-0.05, 0) is 24.3 Å². The van der Waals surface area contributed by atoms with Gasteiger partial charge in [0.15, 0.2) is 5.82 Å². The van der Waals surface area contributed by atoms with Crippen LogP contribution in [0, 0.1) is 18.2 Å². The largest absolute Gasteiger partial charge is 0.391 e. The molecule has 38 heavy (non-hydrogen) atoms. The van der Waals surface area contributed by atoms with Gasteiger partial charge in [0.05, 0.1) is 11.8 Å². The molecule has 0 spiro atoms. The van der Waals surface area contributed by atoms with Crippen LogP contribution in [0.2, 0.25) is 0 Å². The highest BCUT2D eigenvalue weighted by Gasteiger charge is 2.46. The van der Waals surface area contributed by atoms with Crippen LogP contribution in [0.4, 0.5) is 4.39 Å². The lowest BCUT2D eigenvalue weighted by Crippen LogP contribution is -2.51. The van der Waals surface area contributed by atoms with E-state index in [1.807, 2.05) is 20.8 Å². The Labute approximate surface area is 219 Å². The summed E-state index contributed by atoms with van der Waals surface area (Å²) in [6.45, 7) is 7.34. The van der Waals surface area contributed by atoms with E-state index in [4.69, 9.17) is 4.52 Å². The Kier molecular flexibility index (Phi) is 6.76. The molecule has 5 rings (SSSR count). The Morgan fingerprint density at radius 2 is 1.97 bits per heavy atom. The van der Waals surface area contributed by atoms with Gasteiger partial charge in [-0.1, -0.05) is 49.3 Å². The van der Waals surface area contributed by atoms with Crippen LogP contribution in [0.5, 0.6) is 0 Å². The van der Waals surface area contributed by atoms with Gasteiger partial charge in [0.25, 0.3) is 0 Å². The van der Waals surface area contributed by atoms with Crippen molar-refractivity contribution in [1.29, 1.82) is 0 Å². The van der Waals surface area contributed by atoms with Crippen LogP contribution < -0.4 is 5.32 Å². The second kappa shape index (κ2) is 9.90. The molecule has 1 aliphatic carbocycles. The zero-order valence-electron chi connectivity index (χ0n) is 21.8. The first-order chi connectivity index (χ1) is 18.0. The van der Waals surface area contributed by atoms with Crippen molar-refractivity contribution in [2.45, 2.75) is 77.1 Å². The Morgan fingerprint density at radius 3 is 2.61 bits per heavy atom. The number of benzene rings is 1. The van der Waals surface area contributed by atoms with E-state index in [2.05, 4.69) is 25.8 Å². The van der Waals surface area contributed by atoms with Crippen molar-refractivity contribution in [1.82, 2.24) is 35.4 Å². The molecule has 3 aromatic rings. The number of amides is 2. The molecule has 3 heterocycles. The fourth-order valence-corrected chi connectivity index (χ4v) is 4.99. The second-order valence-corrected chi connectivity index (χ2v) is 11.2. The first kappa shape index (κ1) is 26.0. The van der Waals surface area contributed by atoms with Gasteiger partial charge in [0.2, 0.25) is 17.7 Å². The number of β-amino-alcohol motifs (C(OH)–C–C–N with tert-alkyl or cyclic N) is 1. The van der Waals surface area contributed by atoms with Crippen molar-refractivity contribution in [2.24, 2.45) is 5.41 Å². The molecule has 2 aromatic heterocycles. The Balaban J connectivity index is 1.43. The maximum absolute atomic E-state index is 14.8. The van der Waals surface area contributed by atoms with Crippen molar-refractivity contribution < 1.29 is 23.6 Å². The van der Waals surface area contributed by atoms with Gasteiger partial charge in [0.1, 0.15) is 23.9 Å². The smallest absolute Gasteiger partial charge is 0.248 e. The highest BCUT2D eigenvalue weighted by Crippen LogP contribution is 2.40. The summed E-state index contributed by atoms with van der Waals surface area (Å²) in [5.74, 6) is -0.745. The van der Waals surface area contributed by atoms with E-state index < -0.39 is 41.4 Å². The molecule has 2 fully saturated rings. The van der Waals surface area contributed by atoms with E-state index in [9.17, 15) is 19.1 Å². The zero-order valence-corrected chi connectivity index (χ0v) is 21.8. The Bertz CT molecular complexity index is 1330. The molecule has 1 unspecified atom stereocenters. The van der Waals surface area contributed by atoms with Gasteiger partial charge in [-0.2, -0.15) is 4.98 Å². The highest BCUT2D eigenvalue weighted by molar-refractivity contribution is 5.90. The minimum atomic E-state index is -1.05. The summed E-state index contributed by atoms with van der Waals surface area (Å²) in [5.41, 5.74) is 0.449. The molecular formula is C26H32FN7O4. The minimum Gasteiger partial charge on any atom is -0.391 e. The minimum absolute atomic E-state index is 0.0145. The van der Waals surface area contributed by atoms with Crippen molar-refractivity contribution >= 4 is 11.8 Å². The van der Waals surface area contributed by atoms with E-state index in [1.165, 1.54) is 17.0 Å². The Morgan fingerprint density at radius 1 is 1.24 bits per heavy atom. The molecule has 11 nitrogen and oxygen atoms in total. The van der Waals surface area contributed by atoms with E-state index in [0.29, 0.717) is 5.92 Å². The van der Waals surface area contributed by atoms with Crippen molar-refractivity contribution in [3.8, 4) is 0 Å². The van der Waals surface area contributed by atoms with E-state index >= 15 is 0 Å². The average Bonchev–Trinajstić information content (AvgIpc) is 3.22. The zero-order chi connectivity index (χ0) is 27.2. The molecular weight excluding hydrogens is 493 g/mol. The predicted octanol–water partition coefficient (Wildman–Crippen LogP) is 2.44. The third-order valence-electron chi connectivity index (χ3n) is 7.01. The third kappa shape index (κ3) is 5.17. The van der Waals surface area contributed by atoms with Crippen molar-refractivity contribution in [3.05, 3.63) is 59.3 Å². The highest BCUT2D eigenvalue weighted by atomic mass is 19.1. The second-order valence-electron chi connectivity index (χ2n) is 11.2. The van der Waals surface area contributed by atoms with Gasteiger partial charge < -0.3 is 19.8 Å². The summed E-state index contributed by atoms with van der Waals surface area (Å²) in [6.07, 6.45) is 3.05. The number of aliphatic hydroxyl groups is 1. The molecule has 0 radical (unpaired) electrons. The van der Waals surface area contributed by atoms with E-state index in [-0.39, 0.29) is 36.2 Å². The number of carbonyl (C=O) groups is 2.